The summed E-state index contributed by atoms with van der Waals surface area (Å²) in [5.74, 6) is -4.28. The van der Waals surface area contributed by atoms with Gasteiger partial charge in [0.25, 0.3) is 5.56 Å². The van der Waals surface area contributed by atoms with E-state index in [0.717, 1.165) is 12.1 Å². The topological polar surface area (TPSA) is 134 Å². The van der Waals surface area contributed by atoms with Crippen LogP contribution >= 0.6 is 0 Å². The van der Waals surface area contributed by atoms with E-state index in [4.69, 9.17) is 9.47 Å². The minimum Gasteiger partial charge on any atom is -0.460 e. The second-order valence-corrected chi connectivity index (χ2v) is 9.91. The largest absolute Gasteiger partial charge is 0.460 e. The van der Waals surface area contributed by atoms with Crippen LogP contribution in [-0.4, -0.2) is 39.7 Å². The lowest BCUT2D eigenvalue weighted by atomic mass is 9.85. The van der Waals surface area contributed by atoms with Crippen LogP contribution in [0.2, 0.25) is 0 Å². The average Bonchev–Trinajstić information content (AvgIpc) is 3.19. The van der Waals surface area contributed by atoms with Gasteiger partial charge in [-0.2, -0.15) is 0 Å². The van der Waals surface area contributed by atoms with Crippen molar-refractivity contribution < 1.29 is 37.4 Å². The number of benzene rings is 1. The number of ether oxygens (including phenoxy) is 2. The molecule has 208 valence electrons. The molecule has 5 rings (SSSR count). The van der Waals surface area contributed by atoms with Crippen LogP contribution in [0.1, 0.15) is 56.2 Å². The average molecular weight is 554 g/mol. The van der Waals surface area contributed by atoms with Gasteiger partial charge < -0.3 is 24.2 Å². The Balaban J connectivity index is 1.54. The van der Waals surface area contributed by atoms with Crippen LogP contribution in [0.4, 0.5) is 8.78 Å². The van der Waals surface area contributed by atoms with Gasteiger partial charge in [0.15, 0.2) is 11.6 Å². The molecule has 1 amide bonds. The number of hydrogen-bond acceptors (Lipinski definition) is 8. The Labute approximate surface area is 226 Å². The van der Waals surface area contributed by atoms with E-state index in [2.05, 4.69) is 10.3 Å². The number of halogens is 2. The molecule has 10 nitrogen and oxygen atoms in total. The molecule has 0 unspecified atom stereocenters. The van der Waals surface area contributed by atoms with Crippen molar-refractivity contribution in [2.75, 3.05) is 6.54 Å². The number of esters is 2. The molecule has 40 heavy (non-hydrogen) atoms. The van der Waals surface area contributed by atoms with E-state index in [1.807, 2.05) is 0 Å². The van der Waals surface area contributed by atoms with Gasteiger partial charge in [0, 0.05) is 35.4 Å². The molecule has 0 bridgehead atoms. The molecule has 3 aromatic rings. The molecule has 2 aromatic heterocycles. The lowest BCUT2D eigenvalue weighted by molar-refractivity contribution is -0.167. The Bertz CT molecular complexity index is 1670. The van der Waals surface area contributed by atoms with E-state index in [1.165, 1.54) is 11.5 Å². The Morgan fingerprint density at radius 1 is 1.12 bits per heavy atom. The van der Waals surface area contributed by atoms with Crippen LogP contribution < -0.4 is 10.9 Å². The third-order valence-electron chi connectivity index (χ3n) is 7.22. The van der Waals surface area contributed by atoms with E-state index < -0.39 is 47.2 Å². The number of nitrogens with zero attached hydrogens (tertiary/aromatic N) is 2. The quantitative estimate of drug-likeness (QED) is 0.346. The van der Waals surface area contributed by atoms with Crippen molar-refractivity contribution in [1.82, 2.24) is 14.9 Å². The molecular weight excluding hydrogens is 528 g/mol. The maximum Gasteiger partial charge on any atom is 0.326 e. The highest BCUT2D eigenvalue weighted by Gasteiger charge is 2.44. The highest BCUT2D eigenvalue weighted by molar-refractivity contribution is 5.87. The van der Waals surface area contributed by atoms with Gasteiger partial charge in [0.2, 0.25) is 5.91 Å². The molecule has 2 aliphatic rings. The van der Waals surface area contributed by atoms with Gasteiger partial charge in [0.05, 0.1) is 35.4 Å². The Morgan fingerprint density at radius 3 is 2.60 bits per heavy atom. The van der Waals surface area contributed by atoms with Crippen molar-refractivity contribution in [3.8, 4) is 11.4 Å². The number of ketones is 1. The van der Waals surface area contributed by atoms with E-state index in [9.17, 15) is 32.8 Å². The molecule has 4 heterocycles. The molecule has 0 aliphatic carbocycles. The number of carbonyl (C=O) groups excluding carboxylic acids is 4. The second-order valence-electron chi connectivity index (χ2n) is 9.91. The normalized spacial score (nSPS) is 17.4. The van der Waals surface area contributed by atoms with Crippen LogP contribution in [0.25, 0.3) is 22.3 Å². The smallest absolute Gasteiger partial charge is 0.326 e. The number of amides is 1. The predicted octanol–water partition coefficient (Wildman–Crippen LogP) is 2.78. The van der Waals surface area contributed by atoms with Crippen molar-refractivity contribution in [3.63, 3.8) is 0 Å². The molecule has 0 spiro atoms. The van der Waals surface area contributed by atoms with Gasteiger partial charge >= 0.3 is 11.9 Å². The summed E-state index contributed by atoms with van der Waals surface area (Å²) in [5, 5.41) is 2.77. The number of cyclic esters (lactones) is 1. The molecule has 0 radical (unpaired) electrons. The summed E-state index contributed by atoms with van der Waals surface area (Å²) in [4.78, 5) is 66.7. The Kier molecular flexibility index (Phi) is 6.94. The van der Waals surface area contributed by atoms with E-state index >= 15 is 0 Å². The number of fused-ring (bicyclic) bond motifs is 5. The maximum atomic E-state index is 13.9. The molecule has 2 aliphatic heterocycles. The minimum atomic E-state index is -1.58. The monoisotopic (exact) mass is 553 g/mol. The molecule has 0 saturated carbocycles. The predicted molar refractivity (Wildman–Crippen MR) is 136 cm³/mol. The summed E-state index contributed by atoms with van der Waals surface area (Å²) >= 11 is 0. The molecule has 1 N–H and O–H groups in total. The van der Waals surface area contributed by atoms with Gasteiger partial charge in [-0.05, 0) is 31.5 Å². The number of aromatic nitrogens is 2. The fraction of sp³-hybridized carbons (Fsp3) is 0.357. The zero-order valence-corrected chi connectivity index (χ0v) is 21.8. The number of nitrogens with one attached hydrogen (secondary N) is 1. The number of pyridine rings is 2. The second kappa shape index (κ2) is 10.2. The third kappa shape index (κ3) is 4.85. The first-order valence-corrected chi connectivity index (χ1v) is 12.7. The highest BCUT2D eigenvalue weighted by atomic mass is 19.2. The minimum absolute atomic E-state index is 0.0282. The summed E-state index contributed by atoms with van der Waals surface area (Å²) in [6, 6.07) is 5.27. The molecule has 1 atom stereocenters. The first-order chi connectivity index (χ1) is 19.0. The summed E-state index contributed by atoms with van der Waals surface area (Å²) in [6.07, 6.45) is -0.325. The lowest BCUT2D eigenvalue weighted by Crippen LogP contribution is -2.40. The molecule has 1 aromatic carbocycles. The van der Waals surface area contributed by atoms with Gasteiger partial charge in [-0.25, -0.2) is 13.8 Å². The number of rotatable bonds is 7. The third-order valence-corrected chi connectivity index (χ3v) is 7.22. The van der Waals surface area contributed by atoms with Crippen molar-refractivity contribution >= 4 is 34.5 Å². The summed E-state index contributed by atoms with van der Waals surface area (Å²) in [6.45, 7) is 2.30. The summed E-state index contributed by atoms with van der Waals surface area (Å²) < 4.78 is 40.3. The van der Waals surface area contributed by atoms with Gasteiger partial charge in [-0.3, -0.25) is 19.2 Å². The number of carbonyl (C=O) groups is 4. The summed E-state index contributed by atoms with van der Waals surface area (Å²) in [7, 11) is 0. The SMILES string of the molecule is CC[C@]1(OC(=O)CNC(=O)CCC(C)=O)CC(=O)OCc2c1cc1n(c2=O)Cc2cc3cc(F)c(F)cc3nc2-1. The lowest BCUT2D eigenvalue weighted by Gasteiger charge is -2.32. The van der Waals surface area contributed by atoms with Gasteiger partial charge in [-0.15, -0.1) is 0 Å². The van der Waals surface area contributed by atoms with Crippen molar-refractivity contribution in [2.24, 2.45) is 0 Å². The standard InChI is InChI=1S/C28H25F2N3O7/c1-3-28(40-25(37)11-31-23(35)5-4-14(2)34)10-24(36)39-13-17-18(28)8-22-26-16(12-33(22)27(17)38)6-15-7-19(29)20(30)9-21(15)32-26/h6-9H,3-5,10-13H2,1-2H3,(H,31,35)/t28-/m0/s1. The highest BCUT2D eigenvalue weighted by Crippen LogP contribution is 2.41. The molecular formula is C28H25F2N3O7. The van der Waals surface area contributed by atoms with E-state index in [0.29, 0.717) is 22.3 Å². The number of hydrogen-bond donors (Lipinski definition) is 1. The van der Waals surface area contributed by atoms with Crippen LogP contribution in [-0.2, 0) is 47.4 Å². The first-order valence-electron chi connectivity index (χ1n) is 12.7. The van der Waals surface area contributed by atoms with Crippen LogP contribution in [0.3, 0.4) is 0 Å². The van der Waals surface area contributed by atoms with Crippen LogP contribution in [0.15, 0.2) is 29.1 Å². The zero-order chi connectivity index (χ0) is 28.8. The molecule has 0 fully saturated rings. The summed E-state index contributed by atoms with van der Waals surface area (Å²) in [5.41, 5.74) is -0.102. The van der Waals surface area contributed by atoms with Crippen LogP contribution in [0.5, 0.6) is 0 Å². The Morgan fingerprint density at radius 2 is 1.88 bits per heavy atom. The fourth-order valence-electron chi connectivity index (χ4n) is 5.13. The maximum absolute atomic E-state index is 13.9. The van der Waals surface area contributed by atoms with Gasteiger partial charge in [-0.1, -0.05) is 6.92 Å². The molecule has 12 heteroatoms. The van der Waals surface area contributed by atoms with Crippen LogP contribution in [0, 0.1) is 11.6 Å². The molecule has 0 saturated heterocycles. The zero-order valence-electron chi connectivity index (χ0n) is 21.8. The number of Topliss-reactive ketones (excluding diaryl/α,β-unsaturated/α-hetero) is 1. The van der Waals surface area contributed by atoms with Crippen molar-refractivity contribution in [1.29, 1.82) is 0 Å². The van der Waals surface area contributed by atoms with Crippen molar-refractivity contribution in [3.05, 3.63) is 62.9 Å². The van der Waals surface area contributed by atoms with Gasteiger partial charge in [0.1, 0.15) is 24.5 Å². The van der Waals surface area contributed by atoms with E-state index in [1.54, 1.807) is 19.1 Å². The van der Waals surface area contributed by atoms with Crippen molar-refractivity contribution in [2.45, 2.75) is 58.3 Å². The van der Waals surface area contributed by atoms with E-state index in [-0.39, 0.29) is 61.3 Å². The Hall–Kier alpha value is -4.48. The fourth-order valence-corrected chi connectivity index (χ4v) is 5.13. The first kappa shape index (κ1) is 27.1.